The van der Waals surface area contributed by atoms with Gasteiger partial charge in [0.05, 0.1) is 20.3 Å². The third-order valence-corrected chi connectivity index (χ3v) is 1.96. The summed E-state index contributed by atoms with van der Waals surface area (Å²) in [5.74, 6) is 0. The van der Waals surface area contributed by atoms with Gasteiger partial charge in [0.2, 0.25) is 0 Å². The average molecular weight is 181 g/mol. The van der Waals surface area contributed by atoms with Crippen molar-refractivity contribution in [2.45, 2.75) is 13.0 Å². The van der Waals surface area contributed by atoms with Crippen molar-refractivity contribution in [3.05, 3.63) is 35.9 Å². The molecule has 1 rings (SSSR count). The zero-order valence-corrected chi connectivity index (χ0v) is 8.23. The Balaban J connectivity index is 2.72. The fourth-order valence-corrected chi connectivity index (χ4v) is 1.24. The smallest absolute Gasteiger partial charge is 0.0849 e. The predicted octanol–water partition coefficient (Wildman–Crippen LogP) is 2.17. The van der Waals surface area contributed by atoms with Gasteiger partial charge in [-0.1, -0.05) is 35.6 Å². The van der Waals surface area contributed by atoms with Crippen LogP contribution < -0.4 is 0 Å². The van der Waals surface area contributed by atoms with E-state index in [0.29, 0.717) is 0 Å². The van der Waals surface area contributed by atoms with E-state index in [1.165, 1.54) is 5.23 Å². The molecule has 0 unspecified atom stereocenters. The second-order valence-corrected chi connectivity index (χ2v) is 2.74. The molecule has 0 aromatic heterocycles. The van der Waals surface area contributed by atoms with Crippen LogP contribution in [0.15, 0.2) is 30.3 Å². The van der Waals surface area contributed by atoms with Crippen molar-refractivity contribution >= 4 is 0 Å². The fourth-order valence-electron chi connectivity index (χ4n) is 1.24. The monoisotopic (exact) mass is 181 g/mol. The lowest BCUT2D eigenvalue weighted by Crippen LogP contribution is -2.24. The molecule has 1 aromatic carbocycles. The maximum atomic E-state index is 5.03. The number of hydrogen-bond acceptors (Lipinski definition) is 3. The van der Waals surface area contributed by atoms with Gasteiger partial charge >= 0.3 is 0 Å². The quantitative estimate of drug-likeness (QED) is 0.664. The van der Waals surface area contributed by atoms with Crippen LogP contribution in [-0.4, -0.2) is 19.4 Å². The Morgan fingerprint density at radius 2 is 1.62 bits per heavy atom. The molecule has 0 aliphatic rings. The molecule has 72 valence electrons. The second kappa shape index (κ2) is 4.97. The largest absolute Gasteiger partial charge is 0.277 e. The lowest BCUT2D eigenvalue weighted by atomic mass is 10.1. The first-order valence-corrected chi connectivity index (χ1v) is 4.22. The van der Waals surface area contributed by atoms with E-state index in [2.05, 4.69) is 0 Å². The minimum atomic E-state index is 0.0937. The molecular weight excluding hydrogens is 166 g/mol. The van der Waals surface area contributed by atoms with E-state index < -0.39 is 0 Å². The minimum Gasteiger partial charge on any atom is -0.277 e. The van der Waals surface area contributed by atoms with E-state index in [1.807, 2.05) is 37.3 Å². The van der Waals surface area contributed by atoms with Crippen molar-refractivity contribution in [1.29, 1.82) is 0 Å². The Morgan fingerprint density at radius 1 is 1.08 bits per heavy atom. The highest BCUT2D eigenvalue weighted by molar-refractivity contribution is 5.17. The summed E-state index contributed by atoms with van der Waals surface area (Å²) >= 11 is 0. The van der Waals surface area contributed by atoms with E-state index in [4.69, 9.17) is 9.68 Å². The first-order valence-electron chi connectivity index (χ1n) is 4.22. The summed E-state index contributed by atoms with van der Waals surface area (Å²) in [7, 11) is 3.17. The summed E-state index contributed by atoms with van der Waals surface area (Å²) in [4.78, 5) is 10.1. The maximum absolute atomic E-state index is 5.03. The molecule has 0 N–H and O–H groups in total. The summed E-state index contributed by atoms with van der Waals surface area (Å²) in [5.41, 5.74) is 1.16. The summed E-state index contributed by atoms with van der Waals surface area (Å²) < 4.78 is 0. The Labute approximate surface area is 78.8 Å². The fraction of sp³-hybridized carbons (Fsp3) is 0.400. The summed E-state index contributed by atoms with van der Waals surface area (Å²) in [6, 6.07) is 10.1. The van der Waals surface area contributed by atoms with Crippen molar-refractivity contribution in [3.63, 3.8) is 0 Å². The van der Waals surface area contributed by atoms with Gasteiger partial charge in [0, 0.05) is 0 Å². The Morgan fingerprint density at radius 3 is 2.08 bits per heavy atom. The maximum Gasteiger partial charge on any atom is 0.0849 e. The number of nitrogens with zero attached hydrogens (tertiary/aromatic N) is 1. The van der Waals surface area contributed by atoms with Crippen LogP contribution in [0.25, 0.3) is 0 Å². The average Bonchev–Trinajstić information content (AvgIpc) is 2.21. The number of benzene rings is 1. The topological polar surface area (TPSA) is 21.7 Å². The van der Waals surface area contributed by atoms with Gasteiger partial charge in [0.15, 0.2) is 0 Å². The summed E-state index contributed by atoms with van der Waals surface area (Å²) in [5, 5.41) is 1.45. The van der Waals surface area contributed by atoms with Crippen molar-refractivity contribution in [2.75, 3.05) is 14.2 Å². The number of rotatable bonds is 4. The molecule has 3 nitrogen and oxygen atoms in total. The highest BCUT2D eigenvalue weighted by atomic mass is 16.9. The van der Waals surface area contributed by atoms with Crippen LogP contribution >= 0.6 is 0 Å². The summed E-state index contributed by atoms with van der Waals surface area (Å²) in [6.45, 7) is 2.02. The standard InChI is InChI=1S/C10H15NO2/c1-9(11(12-2)13-3)10-7-5-4-6-8-10/h4-9H,1-3H3/t9-/m1/s1. The molecular formula is C10H15NO2. The van der Waals surface area contributed by atoms with Crippen LogP contribution in [-0.2, 0) is 9.68 Å². The van der Waals surface area contributed by atoms with Gasteiger partial charge in [-0.2, -0.15) is 0 Å². The van der Waals surface area contributed by atoms with E-state index in [0.717, 1.165) is 5.56 Å². The van der Waals surface area contributed by atoms with Gasteiger partial charge in [0.25, 0.3) is 0 Å². The number of hydroxylamine groups is 2. The van der Waals surface area contributed by atoms with Crippen molar-refractivity contribution in [2.24, 2.45) is 0 Å². The number of hydrogen-bond donors (Lipinski definition) is 0. The first-order chi connectivity index (χ1) is 6.29. The molecule has 0 aliphatic carbocycles. The van der Waals surface area contributed by atoms with Gasteiger partial charge in [-0.25, -0.2) is 0 Å². The van der Waals surface area contributed by atoms with Crippen LogP contribution in [0.4, 0.5) is 0 Å². The van der Waals surface area contributed by atoms with E-state index in [-0.39, 0.29) is 6.04 Å². The molecule has 0 radical (unpaired) electrons. The van der Waals surface area contributed by atoms with E-state index >= 15 is 0 Å². The Hall–Kier alpha value is -0.900. The molecule has 0 amide bonds. The predicted molar refractivity (Wildman–Crippen MR) is 50.7 cm³/mol. The minimum absolute atomic E-state index is 0.0937. The highest BCUT2D eigenvalue weighted by Gasteiger charge is 2.14. The zero-order chi connectivity index (χ0) is 9.68. The molecule has 0 saturated carbocycles. The van der Waals surface area contributed by atoms with Gasteiger partial charge in [-0.3, -0.25) is 9.68 Å². The third-order valence-electron chi connectivity index (χ3n) is 1.96. The zero-order valence-electron chi connectivity index (χ0n) is 8.23. The van der Waals surface area contributed by atoms with Crippen LogP contribution in [0.2, 0.25) is 0 Å². The normalized spacial score (nSPS) is 13.2. The molecule has 13 heavy (non-hydrogen) atoms. The Kier molecular flexibility index (Phi) is 3.89. The molecule has 3 heteroatoms. The van der Waals surface area contributed by atoms with E-state index in [1.54, 1.807) is 14.2 Å². The molecule has 0 aliphatic heterocycles. The molecule has 0 fully saturated rings. The van der Waals surface area contributed by atoms with Gasteiger partial charge in [0.1, 0.15) is 0 Å². The molecule has 0 heterocycles. The summed E-state index contributed by atoms with van der Waals surface area (Å²) in [6.07, 6.45) is 0. The molecule has 0 saturated heterocycles. The Bertz CT molecular complexity index is 234. The van der Waals surface area contributed by atoms with Crippen LogP contribution in [0, 0.1) is 0 Å². The second-order valence-electron chi connectivity index (χ2n) is 2.74. The lowest BCUT2D eigenvalue weighted by molar-refractivity contribution is -0.364. The molecule has 0 spiro atoms. The van der Waals surface area contributed by atoms with E-state index in [9.17, 15) is 0 Å². The first kappa shape index (κ1) is 10.2. The van der Waals surface area contributed by atoms with Crippen molar-refractivity contribution in [3.8, 4) is 0 Å². The SMILES string of the molecule is CON(OC)[C@H](C)c1ccccc1. The van der Waals surface area contributed by atoms with Crippen LogP contribution in [0.3, 0.4) is 0 Å². The van der Waals surface area contributed by atoms with Crippen LogP contribution in [0.5, 0.6) is 0 Å². The van der Waals surface area contributed by atoms with Gasteiger partial charge in [-0.15, -0.1) is 0 Å². The van der Waals surface area contributed by atoms with Crippen molar-refractivity contribution in [1.82, 2.24) is 5.23 Å². The third kappa shape index (κ3) is 2.52. The lowest BCUT2D eigenvalue weighted by Gasteiger charge is -2.23. The van der Waals surface area contributed by atoms with Gasteiger partial charge in [-0.05, 0) is 12.5 Å². The molecule has 1 atom stereocenters. The molecule has 0 bridgehead atoms. The van der Waals surface area contributed by atoms with Crippen LogP contribution in [0.1, 0.15) is 18.5 Å². The van der Waals surface area contributed by atoms with Gasteiger partial charge < -0.3 is 0 Å². The highest BCUT2D eigenvalue weighted by Crippen LogP contribution is 2.18. The molecule has 1 aromatic rings. The van der Waals surface area contributed by atoms with Crippen molar-refractivity contribution < 1.29 is 9.68 Å².